The van der Waals surface area contributed by atoms with Gasteiger partial charge in [0.25, 0.3) is 0 Å². The number of nitrogens with zero attached hydrogens (tertiary/aromatic N) is 3. The van der Waals surface area contributed by atoms with Gasteiger partial charge in [-0.05, 0) is 91.0 Å². The van der Waals surface area contributed by atoms with Crippen LogP contribution in [0.2, 0.25) is 0 Å². The average Bonchev–Trinajstić information content (AvgIpc) is 3.98. The first-order chi connectivity index (χ1) is 30.7. The number of hydrogen-bond donors (Lipinski definition) is 0. The second kappa shape index (κ2) is 13.4. The summed E-state index contributed by atoms with van der Waals surface area (Å²) in [5.41, 5.74) is 18.7. The van der Waals surface area contributed by atoms with Gasteiger partial charge in [0.15, 0.2) is 17.5 Å². The van der Waals surface area contributed by atoms with Gasteiger partial charge in [0.05, 0.1) is 5.41 Å². The van der Waals surface area contributed by atoms with E-state index in [9.17, 15) is 0 Å². The molecule has 0 radical (unpaired) electrons. The van der Waals surface area contributed by atoms with E-state index in [1.807, 2.05) is 30.3 Å². The van der Waals surface area contributed by atoms with E-state index in [-0.39, 0.29) is 0 Å². The number of benzene rings is 9. The predicted octanol–water partition coefficient (Wildman–Crippen LogP) is 14.4. The van der Waals surface area contributed by atoms with Crippen molar-refractivity contribution in [1.29, 1.82) is 0 Å². The zero-order chi connectivity index (χ0) is 40.8. The van der Waals surface area contributed by atoms with Gasteiger partial charge in [-0.1, -0.05) is 188 Å². The lowest BCUT2D eigenvalue weighted by molar-refractivity contribution is 0.669. The molecule has 2 aromatic heterocycles. The van der Waals surface area contributed by atoms with Gasteiger partial charge in [-0.3, -0.25) is 0 Å². The van der Waals surface area contributed by atoms with Gasteiger partial charge in [0.1, 0.15) is 11.2 Å². The molecule has 1 spiro atoms. The number of fused-ring (bicyclic) bond motifs is 13. The molecule has 0 aliphatic heterocycles. The maximum absolute atomic E-state index is 6.16. The Kier molecular flexibility index (Phi) is 7.49. The predicted molar refractivity (Wildman–Crippen MR) is 251 cm³/mol. The number of hydrogen-bond acceptors (Lipinski definition) is 4. The van der Waals surface area contributed by atoms with Crippen molar-refractivity contribution >= 4 is 21.9 Å². The molecule has 62 heavy (non-hydrogen) atoms. The van der Waals surface area contributed by atoms with Crippen LogP contribution in [0.3, 0.4) is 0 Å². The molecule has 9 aromatic carbocycles. The van der Waals surface area contributed by atoms with Crippen LogP contribution in [-0.4, -0.2) is 15.0 Å². The highest BCUT2D eigenvalue weighted by molar-refractivity contribution is 6.06. The van der Waals surface area contributed by atoms with Crippen molar-refractivity contribution in [2.45, 2.75) is 5.41 Å². The third-order valence-corrected chi connectivity index (χ3v) is 13.0. The number of rotatable bonds is 5. The molecule has 0 unspecified atom stereocenters. The van der Waals surface area contributed by atoms with E-state index < -0.39 is 5.41 Å². The summed E-state index contributed by atoms with van der Waals surface area (Å²) in [6, 6.07) is 75.6. The van der Waals surface area contributed by atoms with Crippen LogP contribution < -0.4 is 0 Å². The smallest absolute Gasteiger partial charge is 0.164 e. The monoisotopic (exact) mass is 789 g/mol. The van der Waals surface area contributed by atoms with Crippen LogP contribution in [0.5, 0.6) is 0 Å². The molecule has 2 heterocycles. The molecule has 0 fully saturated rings. The van der Waals surface area contributed by atoms with E-state index in [2.05, 4.69) is 182 Å². The molecular formula is C58H35N3O. The lowest BCUT2D eigenvalue weighted by Crippen LogP contribution is -2.26. The Morgan fingerprint density at radius 3 is 1.48 bits per heavy atom. The van der Waals surface area contributed by atoms with Crippen LogP contribution in [0.4, 0.5) is 0 Å². The third-order valence-electron chi connectivity index (χ3n) is 13.0. The Morgan fingerprint density at radius 1 is 0.290 bits per heavy atom. The molecule has 0 atom stereocenters. The van der Waals surface area contributed by atoms with E-state index in [1.54, 1.807) is 0 Å². The second-order valence-electron chi connectivity index (χ2n) is 16.2. The van der Waals surface area contributed by atoms with Crippen LogP contribution in [0, 0.1) is 0 Å². The molecule has 288 valence electrons. The first-order valence-electron chi connectivity index (χ1n) is 21.1. The molecule has 0 N–H and O–H groups in total. The molecule has 2 aliphatic carbocycles. The number of furan rings is 1. The standard InChI is InChI=1S/C58H35N3O/c1-2-16-36(17-3-1)55-59-56(39-19-14-18-37(34-39)38-32-33-53-48(35-38)44-24-9-13-31-52(44)62-53)61-57(60-55)47-25-5-4-20-40(47)45-26-15-27-46-43-23-8-12-30-51(43)58(54(45)46)49-28-10-6-21-41(49)42-22-7-11-29-50(42)58/h1-35H. The maximum atomic E-state index is 6.16. The first kappa shape index (κ1) is 34.6. The Labute approximate surface area is 358 Å². The lowest BCUT2D eigenvalue weighted by Gasteiger charge is -2.32. The normalized spacial score (nSPS) is 13.0. The van der Waals surface area contributed by atoms with Crippen LogP contribution in [0.1, 0.15) is 22.3 Å². The fourth-order valence-corrected chi connectivity index (χ4v) is 10.4. The number of para-hydroxylation sites is 1. The molecule has 0 saturated heterocycles. The van der Waals surface area contributed by atoms with Gasteiger partial charge in [0.2, 0.25) is 0 Å². The van der Waals surface area contributed by atoms with Crippen molar-refractivity contribution in [1.82, 2.24) is 15.0 Å². The van der Waals surface area contributed by atoms with Crippen LogP contribution >= 0.6 is 0 Å². The highest BCUT2D eigenvalue weighted by atomic mass is 16.3. The minimum atomic E-state index is -0.505. The fraction of sp³-hybridized carbons (Fsp3) is 0.0172. The molecule has 4 heteroatoms. The van der Waals surface area contributed by atoms with Crippen LogP contribution in [0.15, 0.2) is 217 Å². The Hall–Kier alpha value is -8.21. The Bertz CT molecular complexity index is 3540. The zero-order valence-electron chi connectivity index (χ0n) is 33.5. The summed E-state index contributed by atoms with van der Waals surface area (Å²) < 4.78 is 6.16. The summed E-state index contributed by atoms with van der Waals surface area (Å²) in [6.07, 6.45) is 0. The summed E-state index contributed by atoms with van der Waals surface area (Å²) in [6.45, 7) is 0. The zero-order valence-corrected chi connectivity index (χ0v) is 33.5. The van der Waals surface area contributed by atoms with Gasteiger partial charge in [-0.25, -0.2) is 15.0 Å². The largest absolute Gasteiger partial charge is 0.456 e. The second-order valence-corrected chi connectivity index (χ2v) is 16.2. The van der Waals surface area contributed by atoms with Crippen molar-refractivity contribution in [2.75, 3.05) is 0 Å². The highest BCUT2D eigenvalue weighted by Crippen LogP contribution is 2.64. The quantitative estimate of drug-likeness (QED) is 0.174. The molecule has 0 amide bonds. The van der Waals surface area contributed by atoms with Crippen molar-refractivity contribution in [3.05, 3.63) is 235 Å². The molecule has 0 bridgehead atoms. The van der Waals surface area contributed by atoms with E-state index in [4.69, 9.17) is 19.4 Å². The lowest BCUT2D eigenvalue weighted by atomic mass is 9.68. The minimum Gasteiger partial charge on any atom is -0.456 e. The average molecular weight is 790 g/mol. The van der Waals surface area contributed by atoms with E-state index in [1.165, 1.54) is 44.5 Å². The first-order valence-corrected chi connectivity index (χ1v) is 21.1. The summed E-state index contributed by atoms with van der Waals surface area (Å²) in [5, 5.41) is 2.20. The Morgan fingerprint density at radius 2 is 0.758 bits per heavy atom. The van der Waals surface area contributed by atoms with Crippen molar-refractivity contribution < 1.29 is 4.42 Å². The van der Waals surface area contributed by atoms with Crippen LogP contribution in [0.25, 0.3) is 101 Å². The minimum absolute atomic E-state index is 0.505. The van der Waals surface area contributed by atoms with E-state index in [0.717, 1.165) is 60.9 Å². The highest BCUT2D eigenvalue weighted by Gasteiger charge is 2.52. The fourth-order valence-electron chi connectivity index (χ4n) is 10.4. The molecule has 2 aliphatic rings. The summed E-state index contributed by atoms with van der Waals surface area (Å²) >= 11 is 0. The number of aromatic nitrogens is 3. The molecule has 11 aromatic rings. The van der Waals surface area contributed by atoms with Crippen molar-refractivity contribution in [3.8, 4) is 78.7 Å². The molecule has 0 saturated carbocycles. The molecule has 13 rings (SSSR count). The van der Waals surface area contributed by atoms with Crippen molar-refractivity contribution in [3.63, 3.8) is 0 Å². The van der Waals surface area contributed by atoms with Crippen molar-refractivity contribution in [2.24, 2.45) is 0 Å². The van der Waals surface area contributed by atoms with Gasteiger partial charge in [-0.2, -0.15) is 0 Å². The van der Waals surface area contributed by atoms with Gasteiger partial charge >= 0.3 is 0 Å². The summed E-state index contributed by atoms with van der Waals surface area (Å²) in [4.78, 5) is 15.8. The molecular weight excluding hydrogens is 755 g/mol. The van der Waals surface area contributed by atoms with E-state index >= 15 is 0 Å². The third kappa shape index (κ3) is 4.98. The van der Waals surface area contributed by atoms with Gasteiger partial charge < -0.3 is 4.42 Å². The molecule has 4 nitrogen and oxygen atoms in total. The van der Waals surface area contributed by atoms with Crippen LogP contribution in [-0.2, 0) is 5.41 Å². The maximum Gasteiger partial charge on any atom is 0.164 e. The summed E-state index contributed by atoms with van der Waals surface area (Å²) in [7, 11) is 0. The van der Waals surface area contributed by atoms with E-state index in [0.29, 0.717) is 17.5 Å². The summed E-state index contributed by atoms with van der Waals surface area (Å²) in [5.74, 6) is 1.86. The SMILES string of the molecule is c1ccc(-c2nc(-c3cccc(-c4ccc5oc6ccccc6c5c4)c3)nc(-c3ccccc3-c3cccc4c3C3(c5ccccc5-c5ccccc53)c3ccccc3-4)n2)cc1. The Balaban J connectivity index is 1.02. The van der Waals surface area contributed by atoms with Gasteiger partial charge in [0, 0.05) is 27.5 Å². The van der Waals surface area contributed by atoms with Gasteiger partial charge in [-0.15, -0.1) is 0 Å². The topological polar surface area (TPSA) is 51.8 Å².